The summed E-state index contributed by atoms with van der Waals surface area (Å²) in [7, 11) is 0. The van der Waals surface area contributed by atoms with E-state index in [9.17, 15) is 4.79 Å². The second kappa shape index (κ2) is 12.8. The van der Waals surface area contributed by atoms with E-state index >= 15 is 0 Å². The predicted octanol–water partition coefficient (Wildman–Crippen LogP) is 8.20. The van der Waals surface area contributed by atoms with E-state index in [1.165, 1.54) is 0 Å². The maximum atomic E-state index is 12.6. The molecule has 1 unspecified atom stereocenters. The first kappa shape index (κ1) is 29.6. The molecule has 0 saturated carbocycles. The normalized spacial score (nSPS) is 18.1. The van der Waals surface area contributed by atoms with Crippen LogP contribution in [0.2, 0.25) is 0 Å². The molecule has 0 radical (unpaired) electrons. The summed E-state index contributed by atoms with van der Waals surface area (Å²) in [6.45, 7) is 14.7. The number of ether oxygens (including phenoxy) is 1. The van der Waals surface area contributed by atoms with Gasteiger partial charge in [0.2, 0.25) is 5.56 Å². The van der Waals surface area contributed by atoms with Gasteiger partial charge in [0.05, 0.1) is 5.41 Å². The number of H-pyrrole nitrogens is 1. The van der Waals surface area contributed by atoms with Crippen LogP contribution in [0.1, 0.15) is 34.8 Å². The van der Waals surface area contributed by atoms with Crippen LogP contribution < -0.4 is 16.4 Å². The molecule has 0 saturated heterocycles. The Labute approximate surface area is 239 Å². The monoisotopic (exact) mass is 533 g/mol. The smallest absolute Gasteiger partial charge is 0.249 e. The van der Waals surface area contributed by atoms with Gasteiger partial charge in [0.15, 0.2) is 0 Å². The van der Waals surface area contributed by atoms with Crippen molar-refractivity contribution in [2.75, 3.05) is 6.61 Å². The number of rotatable bonds is 3. The van der Waals surface area contributed by atoms with Crippen LogP contribution in [0.25, 0.3) is 22.0 Å². The maximum Gasteiger partial charge on any atom is 0.249 e. The number of benzene rings is 2. The van der Waals surface area contributed by atoms with Crippen LogP contribution in [0.4, 0.5) is 0 Å². The van der Waals surface area contributed by atoms with Crippen molar-refractivity contribution >= 4 is 10.9 Å². The molecular formula is C35H39N3O2. The van der Waals surface area contributed by atoms with Gasteiger partial charge in [-0.15, -0.1) is 13.0 Å². The average Bonchev–Trinajstić information content (AvgIpc) is 2.97. The number of nitrogens with zero attached hydrogens (tertiary/aromatic N) is 1. The number of hydrogen-bond donors (Lipinski definition) is 2. The van der Waals surface area contributed by atoms with Crippen LogP contribution in [0.15, 0.2) is 126 Å². The molecule has 1 aliphatic rings. The number of aromatic nitrogens is 2. The third-order valence-corrected chi connectivity index (χ3v) is 6.83. The molecule has 2 aromatic heterocycles. The van der Waals surface area contributed by atoms with Gasteiger partial charge in [0.25, 0.3) is 0 Å². The first-order valence-electron chi connectivity index (χ1n) is 12.9. The standard InChI is InChI=1S/C33H26N2O2.C2H6.H3N.2H2/c1-5-9-25-16-24(22(3)4)21-37-28-12-7-10-23(17-28)29-19-32(36)35-31-14-13-26(18-30(29)31)33(25,6-2)27-11-8-15-34-20-27;1-2;;;/h1,6-20H,2-3,21H2,4H3,(H,35,36);1-2H3;1H3;2*1H/b24-16-,25-9+;;;;. The zero-order chi connectivity index (χ0) is 28.0. The second-order valence-corrected chi connectivity index (χ2v) is 9.09. The quantitative estimate of drug-likeness (QED) is 0.205. The molecule has 1 aliphatic heterocycles. The summed E-state index contributed by atoms with van der Waals surface area (Å²) < 4.78 is 6.22. The Kier molecular flexibility index (Phi) is 9.45. The summed E-state index contributed by atoms with van der Waals surface area (Å²) in [6.07, 6.45) is 15.1. The van der Waals surface area contributed by atoms with E-state index in [0.717, 1.165) is 49.9 Å². The molecule has 0 amide bonds. The molecule has 40 heavy (non-hydrogen) atoms. The average molecular weight is 534 g/mol. The molecule has 1 atom stereocenters. The number of fused-ring (bicyclic) bond motifs is 4. The van der Waals surface area contributed by atoms with E-state index in [0.29, 0.717) is 12.4 Å². The molecule has 4 N–H and O–H groups in total. The third-order valence-electron chi connectivity index (χ3n) is 6.83. The van der Waals surface area contributed by atoms with Gasteiger partial charge in [0.1, 0.15) is 12.4 Å². The largest absolute Gasteiger partial charge is 0.489 e. The highest BCUT2D eigenvalue weighted by atomic mass is 16.5. The number of aromatic amines is 1. The van der Waals surface area contributed by atoms with Crippen molar-refractivity contribution in [1.29, 1.82) is 0 Å². The van der Waals surface area contributed by atoms with Gasteiger partial charge in [0, 0.05) is 32.2 Å². The van der Waals surface area contributed by atoms with Crippen LogP contribution in [0.3, 0.4) is 0 Å². The summed E-state index contributed by atoms with van der Waals surface area (Å²) in [5.41, 5.74) is 5.85. The topological polar surface area (TPSA) is 90.0 Å². The molecule has 4 aromatic rings. The van der Waals surface area contributed by atoms with Gasteiger partial charge in [-0.25, -0.2) is 0 Å². The Morgan fingerprint density at radius 3 is 2.62 bits per heavy atom. The fourth-order valence-corrected chi connectivity index (χ4v) is 4.94. The van der Waals surface area contributed by atoms with Crippen LogP contribution in [0, 0.1) is 12.3 Å². The molecule has 0 fully saturated rings. The highest BCUT2D eigenvalue weighted by Crippen LogP contribution is 2.43. The van der Waals surface area contributed by atoms with Crippen molar-refractivity contribution in [2.24, 2.45) is 0 Å². The van der Waals surface area contributed by atoms with Gasteiger partial charge in [-0.2, -0.15) is 0 Å². The van der Waals surface area contributed by atoms with Crippen molar-refractivity contribution < 1.29 is 7.59 Å². The molecule has 5 rings (SSSR count). The Bertz CT molecular complexity index is 1720. The van der Waals surface area contributed by atoms with Crippen LogP contribution in [-0.2, 0) is 5.41 Å². The molecule has 5 heteroatoms. The number of pyridine rings is 2. The lowest BCUT2D eigenvalue weighted by atomic mass is 9.68. The van der Waals surface area contributed by atoms with E-state index in [-0.39, 0.29) is 14.6 Å². The Hall–Kier alpha value is -4.92. The van der Waals surface area contributed by atoms with Gasteiger partial charge in [-0.3, -0.25) is 9.78 Å². The number of terminal acetylenes is 1. The van der Waals surface area contributed by atoms with E-state index in [1.807, 2.05) is 87.7 Å². The first-order valence-corrected chi connectivity index (χ1v) is 12.9. The summed E-state index contributed by atoms with van der Waals surface area (Å²) >= 11 is 0. The zero-order valence-corrected chi connectivity index (χ0v) is 23.3. The summed E-state index contributed by atoms with van der Waals surface area (Å²) in [5.74, 6) is 3.42. The minimum absolute atomic E-state index is 0. The van der Waals surface area contributed by atoms with Crippen LogP contribution >= 0.6 is 0 Å². The van der Waals surface area contributed by atoms with Crippen molar-refractivity contribution in [3.05, 3.63) is 143 Å². The van der Waals surface area contributed by atoms with Gasteiger partial charge < -0.3 is 15.9 Å². The maximum absolute atomic E-state index is 12.6. The van der Waals surface area contributed by atoms with Crippen LogP contribution in [-0.4, -0.2) is 16.6 Å². The second-order valence-electron chi connectivity index (χ2n) is 9.09. The summed E-state index contributed by atoms with van der Waals surface area (Å²) in [6, 6.07) is 19.3. The van der Waals surface area contributed by atoms with E-state index in [4.69, 9.17) is 11.2 Å². The fourth-order valence-electron chi connectivity index (χ4n) is 4.94. The minimum atomic E-state index is -0.838. The number of hydrogen-bond acceptors (Lipinski definition) is 4. The van der Waals surface area contributed by atoms with Crippen LogP contribution in [0.5, 0.6) is 5.75 Å². The summed E-state index contributed by atoms with van der Waals surface area (Å²) in [4.78, 5) is 20.0. The molecule has 2 aromatic carbocycles. The highest BCUT2D eigenvalue weighted by molar-refractivity contribution is 5.95. The number of nitrogens with one attached hydrogen (secondary N) is 1. The number of allylic oxidation sites excluding steroid dienone is 4. The lowest BCUT2D eigenvalue weighted by Crippen LogP contribution is -2.28. The molecule has 0 aliphatic carbocycles. The lowest BCUT2D eigenvalue weighted by Gasteiger charge is -2.34. The van der Waals surface area contributed by atoms with Gasteiger partial charge in [-0.05, 0) is 82.8 Å². The Morgan fingerprint density at radius 2 is 1.95 bits per heavy atom. The molecule has 206 valence electrons. The molecule has 4 bridgehead atoms. The van der Waals surface area contributed by atoms with E-state index in [2.05, 4.69) is 35.1 Å². The third kappa shape index (κ3) is 5.44. The minimum Gasteiger partial charge on any atom is -0.489 e. The lowest BCUT2D eigenvalue weighted by molar-refractivity contribution is 0.354. The first-order chi connectivity index (χ1) is 19.0. The van der Waals surface area contributed by atoms with Gasteiger partial charge in [-0.1, -0.05) is 62.3 Å². The van der Waals surface area contributed by atoms with E-state index < -0.39 is 5.41 Å². The molecule has 5 nitrogen and oxygen atoms in total. The fraction of sp³-hybridized carbons (Fsp3) is 0.143. The molecular weight excluding hydrogens is 494 g/mol. The van der Waals surface area contributed by atoms with Gasteiger partial charge >= 0.3 is 0 Å². The van der Waals surface area contributed by atoms with E-state index in [1.54, 1.807) is 18.3 Å². The molecule has 3 heterocycles. The highest BCUT2D eigenvalue weighted by Gasteiger charge is 2.35. The van der Waals surface area contributed by atoms with Crippen molar-refractivity contribution in [3.8, 4) is 29.2 Å². The van der Waals surface area contributed by atoms with Crippen molar-refractivity contribution in [3.63, 3.8) is 0 Å². The Morgan fingerprint density at radius 1 is 1.15 bits per heavy atom. The summed E-state index contributed by atoms with van der Waals surface area (Å²) in [5, 5.41) is 0.896. The zero-order valence-electron chi connectivity index (χ0n) is 23.3. The van der Waals surface area contributed by atoms with Crippen molar-refractivity contribution in [2.45, 2.75) is 26.2 Å². The Balaban J connectivity index is 0.00000173. The van der Waals surface area contributed by atoms with Crippen molar-refractivity contribution in [1.82, 2.24) is 16.1 Å². The molecule has 0 spiro atoms. The predicted molar refractivity (Wildman–Crippen MR) is 171 cm³/mol. The SMILES string of the molecule is C#C/C=C1\C=C(/C(=C)C)COc2cccc(c2)-c2cc(=O)[nH]c3ccc(cc23)C1(C=C)c1cccnc1.CC.N.[HH].[HH].